The molecule has 28 heavy (non-hydrogen) atoms. The maximum Gasteiger partial charge on any atom is 0.231 e. The fourth-order valence-electron chi connectivity index (χ4n) is 4.68. The first kappa shape index (κ1) is 17.6. The summed E-state index contributed by atoms with van der Waals surface area (Å²) in [6, 6.07) is 10.1. The lowest BCUT2D eigenvalue weighted by Gasteiger charge is -2.19. The summed E-state index contributed by atoms with van der Waals surface area (Å²) in [7, 11) is 3.29. The van der Waals surface area contributed by atoms with Crippen LogP contribution in [0.1, 0.15) is 28.9 Å². The second-order valence-electron chi connectivity index (χ2n) is 7.46. The Kier molecular flexibility index (Phi) is 4.33. The highest BCUT2D eigenvalue weighted by Crippen LogP contribution is 2.52. The molecule has 0 aliphatic carbocycles. The fourth-order valence-corrected chi connectivity index (χ4v) is 4.68. The van der Waals surface area contributed by atoms with E-state index in [9.17, 15) is 0 Å². The van der Waals surface area contributed by atoms with Crippen LogP contribution in [-0.2, 0) is 9.47 Å². The van der Waals surface area contributed by atoms with Gasteiger partial charge < -0.3 is 28.4 Å². The Morgan fingerprint density at radius 3 is 2.39 bits per heavy atom. The van der Waals surface area contributed by atoms with Crippen LogP contribution < -0.4 is 18.9 Å². The third-order valence-corrected chi connectivity index (χ3v) is 6.14. The predicted molar refractivity (Wildman–Crippen MR) is 101 cm³/mol. The molecule has 0 N–H and O–H groups in total. The van der Waals surface area contributed by atoms with Crippen molar-refractivity contribution in [2.24, 2.45) is 11.8 Å². The summed E-state index contributed by atoms with van der Waals surface area (Å²) >= 11 is 0. The molecule has 4 atom stereocenters. The number of hydrogen-bond acceptors (Lipinski definition) is 6. The summed E-state index contributed by atoms with van der Waals surface area (Å²) < 4.78 is 34.4. The minimum absolute atomic E-state index is 0.00430. The van der Waals surface area contributed by atoms with Crippen molar-refractivity contribution >= 4 is 0 Å². The van der Waals surface area contributed by atoms with Gasteiger partial charge >= 0.3 is 0 Å². The van der Waals surface area contributed by atoms with Gasteiger partial charge in [-0.15, -0.1) is 0 Å². The van der Waals surface area contributed by atoms with Gasteiger partial charge in [-0.2, -0.15) is 0 Å². The van der Waals surface area contributed by atoms with E-state index < -0.39 is 0 Å². The molecule has 3 aliphatic rings. The maximum absolute atomic E-state index is 6.27. The van der Waals surface area contributed by atoms with Gasteiger partial charge in [0.1, 0.15) is 0 Å². The van der Waals surface area contributed by atoms with E-state index in [1.807, 2.05) is 24.3 Å². The van der Waals surface area contributed by atoms with E-state index in [0.29, 0.717) is 30.8 Å². The highest BCUT2D eigenvalue weighted by molar-refractivity contribution is 5.52. The Bertz CT molecular complexity index is 895. The molecule has 6 heteroatoms. The molecule has 3 heterocycles. The molecule has 4 unspecified atom stereocenters. The molecule has 0 radical (unpaired) electrons. The van der Waals surface area contributed by atoms with Gasteiger partial charge in [0.2, 0.25) is 6.79 Å². The Hall–Kier alpha value is -2.44. The van der Waals surface area contributed by atoms with Crippen LogP contribution in [0, 0.1) is 18.8 Å². The molecule has 3 aliphatic heterocycles. The molecular formula is C22H24O6. The molecule has 2 fully saturated rings. The summed E-state index contributed by atoms with van der Waals surface area (Å²) in [5.74, 6) is 3.68. The molecule has 0 aromatic heterocycles. The van der Waals surface area contributed by atoms with Gasteiger partial charge in [-0.3, -0.25) is 0 Å². The Balaban J connectivity index is 1.41. The van der Waals surface area contributed by atoms with Crippen LogP contribution in [-0.4, -0.2) is 34.2 Å². The van der Waals surface area contributed by atoms with Crippen LogP contribution in [0.25, 0.3) is 0 Å². The van der Waals surface area contributed by atoms with E-state index in [1.165, 1.54) is 0 Å². The largest absolute Gasteiger partial charge is 0.493 e. The third-order valence-electron chi connectivity index (χ3n) is 6.14. The highest BCUT2D eigenvalue weighted by Gasteiger charge is 2.48. The SMILES string of the molecule is COc1ccc(C2OCC3C(c4ccc5c(c4C)OCO5)OCC23)cc1OC. The highest BCUT2D eigenvalue weighted by atomic mass is 16.7. The number of methoxy groups -OCH3 is 2. The molecule has 0 spiro atoms. The number of benzene rings is 2. The molecular weight excluding hydrogens is 360 g/mol. The second-order valence-corrected chi connectivity index (χ2v) is 7.46. The van der Waals surface area contributed by atoms with E-state index in [4.69, 9.17) is 28.4 Å². The van der Waals surface area contributed by atoms with E-state index in [-0.39, 0.29) is 19.0 Å². The van der Waals surface area contributed by atoms with Gasteiger partial charge in [0.05, 0.1) is 39.6 Å². The Labute approximate surface area is 164 Å². The van der Waals surface area contributed by atoms with Crippen molar-refractivity contribution in [1.82, 2.24) is 0 Å². The zero-order chi connectivity index (χ0) is 19.3. The van der Waals surface area contributed by atoms with Crippen LogP contribution in [0.4, 0.5) is 0 Å². The normalized spacial score (nSPS) is 27.7. The molecule has 2 aromatic rings. The summed E-state index contributed by atoms with van der Waals surface area (Å²) in [5, 5.41) is 0. The third kappa shape index (κ3) is 2.63. The van der Waals surface area contributed by atoms with Crippen molar-refractivity contribution in [3.8, 4) is 23.0 Å². The van der Waals surface area contributed by atoms with Crippen molar-refractivity contribution in [1.29, 1.82) is 0 Å². The summed E-state index contributed by atoms with van der Waals surface area (Å²) in [5.41, 5.74) is 3.35. The summed E-state index contributed by atoms with van der Waals surface area (Å²) in [4.78, 5) is 0. The minimum atomic E-state index is -0.0101. The van der Waals surface area contributed by atoms with Gasteiger partial charge in [0.25, 0.3) is 0 Å². The van der Waals surface area contributed by atoms with E-state index in [1.54, 1.807) is 14.2 Å². The fraction of sp³-hybridized carbons (Fsp3) is 0.455. The molecule has 2 aromatic carbocycles. The van der Waals surface area contributed by atoms with E-state index >= 15 is 0 Å². The molecule has 0 saturated carbocycles. The average molecular weight is 384 g/mol. The van der Waals surface area contributed by atoms with E-state index in [2.05, 4.69) is 13.0 Å². The lowest BCUT2D eigenvalue weighted by Crippen LogP contribution is -2.15. The van der Waals surface area contributed by atoms with Crippen LogP contribution in [0.15, 0.2) is 30.3 Å². The van der Waals surface area contributed by atoms with Crippen molar-refractivity contribution in [3.63, 3.8) is 0 Å². The van der Waals surface area contributed by atoms with Crippen LogP contribution in [0.3, 0.4) is 0 Å². The average Bonchev–Trinajstić information content (AvgIpc) is 3.44. The van der Waals surface area contributed by atoms with Crippen LogP contribution in [0.2, 0.25) is 0 Å². The van der Waals surface area contributed by atoms with Crippen LogP contribution in [0.5, 0.6) is 23.0 Å². The standard InChI is InChI=1S/C22H24O6/c1-12-14(5-7-18-20(12)28-11-27-18)22-16-10-25-21(15(16)9-26-22)13-4-6-17(23-2)19(8-13)24-3/h4-8,15-16,21-22H,9-11H2,1-3H3. The zero-order valence-corrected chi connectivity index (χ0v) is 16.3. The van der Waals surface area contributed by atoms with Crippen molar-refractivity contribution in [2.45, 2.75) is 19.1 Å². The first-order valence-corrected chi connectivity index (χ1v) is 9.55. The van der Waals surface area contributed by atoms with E-state index in [0.717, 1.165) is 33.9 Å². The zero-order valence-electron chi connectivity index (χ0n) is 16.3. The maximum atomic E-state index is 6.27. The Morgan fingerprint density at radius 2 is 1.61 bits per heavy atom. The van der Waals surface area contributed by atoms with Gasteiger partial charge in [-0.25, -0.2) is 0 Å². The van der Waals surface area contributed by atoms with Gasteiger partial charge in [-0.05, 0) is 36.2 Å². The van der Waals surface area contributed by atoms with Gasteiger partial charge in [0, 0.05) is 17.4 Å². The van der Waals surface area contributed by atoms with Crippen molar-refractivity contribution in [2.75, 3.05) is 34.2 Å². The first-order valence-electron chi connectivity index (χ1n) is 9.55. The Morgan fingerprint density at radius 1 is 0.857 bits per heavy atom. The predicted octanol–water partition coefficient (Wildman–Crippen LogP) is 3.82. The monoisotopic (exact) mass is 384 g/mol. The molecule has 0 bridgehead atoms. The number of rotatable bonds is 4. The summed E-state index contributed by atoms with van der Waals surface area (Å²) in [6.45, 7) is 3.69. The summed E-state index contributed by atoms with van der Waals surface area (Å²) in [6.07, 6.45) is -0.00577. The molecule has 0 amide bonds. The minimum Gasteiger partial charge on any atom is -0.493 e. The lowest BCUT2D eigenvalue weighted by molar-refractivity contribution is 0.0189. The topological polar surface area (TPSA) is 55.4 Å². The number of ether oxygens (including phenoxy) is 6. The van der Waals surface area contributed by atoms with Gasteiger partial charge in [-0.1, -0.05) is 12.1 Å². The lowest BCUT2D eigenvalue weighted by atomic mass is 9.84. The molecule has 2 saturated heterocycles. The number of fused-ring (bicyclic) bond motifs is 2. The smallest absolute Gasteiger partial charge is 0.231 e. The van der Waals surface area contributed by atoms with Crippen molar-refractivity contribution < 1.29 is 28.4 Å². The van der Waals surface area contributed by atoms with Crippen molar-refractivity contribution in [3.05, 3.63) is 47.0 Å². The quantitative estimate of drug-likeness (QED) is 0.799. The number of hydrogen-bond donors (Lipinski definition) is 0. The molecule has 5 rings (SSSR count). The first-order chi connectivity index (χ1) is 13.7. The second kappa shape index (κ2) is 6.87. The molecule has 148 valence electrons. The van der Waals surface area contributed by atoms with Crippen LogP contribution >= 0.6 is 0 Å². The molecule has 6 nitrogen and oxygen atoms in total. The van der Waals surface area contributed by atoms with Gasteiger partial charge in [0.15, 0.2) is 23.0 Å².